The van der Waals surface area contributed by atoms with Crippen molar-refractivity contribution in [2.75, 3.05) is 13.1 Å². The zero-order chi connectivity index (χ0) is 12.1. The molecule has 0 atom stereocenters. The fourth-order valence-electron chi connectivity index (χ4n) is 1.79. The van der Waals surface area contributed by atoms with Crippen molar-refractivity contribution in [3.63, 3.8) is 0 Å². The third-order valence-corrected chi connectivity index (χ3v) is 4.71. The van der Waals surface area contributed by atoms with E-state index >= 15 is 0 Å². The third kappa shape index (κ3) is 3.45. The number of rotatable bonds is 4. The molecule has 0 N–H and O–H groups in total. The van der Waals surface area contributed by atoms with Gasteiger partial charge in [-0.3, -0.25) is 0 Å². The van der Waals surface area contributed by atoms with Gasteiger partial charge in [-0.15, -0.1) is 0 Å². The average molecular weight is 294 g/mol. The predicted molar refractivity (Wildman–Crippen MR) is 72.1 cm³/mol. The number of amides is 1. The first-order chi connectivity index (χ1) is 8.29. The van der Waals surface area contributed by atoms with Gasteiger partial charge >= 0.3 is 109 Å². The topological polar surface area (TPSA) is 20.3 Å². The van der Waals surface area contributed by atoms with Gasteiger partial charge in [0.25, 0.3) is 0 Å². The Bertz CT molecular complexity index is 413. The van der Waals surface area contributed by atoms with Crippen LogP contribution in [0.1, 0.15) is 25.3 Å². The van der Waals surface area contributed by atoms with Crippen LogP contribution in [-0.2, 0) is 0 Å². The van der Waals surface area contributed by atoms with E-state index < -0.39 is 0 Å². The molecule has 1 heterocycles. The summed E-state index contributed by atoms with van der Waals surface area (Å²) in [7, 11) is 0. The molecule has 1 aromatic carbocycles. The second-order valence-corrected chi connectivity index (χ2v) is 6.43. The third-order valence-electron chi connectivity index (χ3n) is 2.73. The number of carbonyl (C=O) groups is 1. The van der Waals surface area contributed by atoms with Gasteiger partial charge in [-0.25, -0.2) is 0 Å². The van der Waals surface area contributed by atoms with Gasteiger partial charge in [0.05, 0.1) is 0 Å². The minimum atomic E-state index is 0.0174. The molecule has 1 fully saturated rings. The van der Waals surface area contributed by atoms with Crippen LogP contribution in [0.4, 0.5) is 4.79 Å². The molecule has 2 nitrogen and oxygen atoms in total. The zero-order valence-electron chi connectivity index (χ0n) is 10.1. The molecule has 1 amide bonds. The number of benzene rings is 1. The Balaban J connectivity index is 2.01. The van der Waals surface area contributed by atoms with Crippen LogP contribution >= 0.6 is 0 Å². The summed E-state index contributed by atoms with van der Waals surface area (Å²) < 4.78 is 1.30. The molecule has 90 valence electrons. The Kier molecular flexibility index (Phi) is 4.41. The van der Waals surface area contributed by atoms with Gasteiger partial charge in [0.2, 0.25) is 0 Å². The Morgan fingerprint density at radius 2 is 2.12 bits per heavy atom. The van der Waals surface area contributed by atoms with E-state index in [9.17, 15) is 4.79 Å². The monoisotopic (exact) mass is 295 g/mol. The zero-order valence-corrected chi connectivity index (χ0v) is 11.8. The molecule has 2 rings (SSSR count). The van der Waals surface area contributed by atoms with Crippen molar-refractivity contribution in [3.05, 3.63) is 40.4 Å². The molecule has 0 saturated carbocycles. The van der Waals surface area contributed by atoms with E-state index in [2.05, 4.69) is 25.1 Å². The molecule has 1 aliphatic heterocycles. The number of unbranched alkanes of at least 4 members (excludes halogenated alkanes) is 1. The number of hydrogen-bond donors (Lipinski definition) is 0. The van der Waals surface area contributed by atoms with Gasteiger partial charge in [0, 0.05) is 0 Å². The predicted octanol–water partition coefficient (Wildman–Crippen LogP) is 2.97. The van der Waals surface area contributed by atoms with E-state index in [1.807, 2.05) is 23.1 Å². The van der Waals surface area contributed by atoms with Gasteiger partial charge in [-0.2, -0.15) is 0 Å². The summed E-state index contributed by atoms with van der Waals surface area (Å²) >= 11 is 0.0174. The maximum absolute atomic E-state index is 11.8. The molecule has 3 heteroatoms. The van der Waals surface area contributed by atoms with Crippen LogP contribution in [0.25, 0.3) is 6.08 Å². The van der Waals surface area contributed by atoms with E-state index in [0.717, 1.165) is 25.9 Å². The van der Waals surface area contributed by atoms with E-state index in [1.54, 1.807) is 0 Å². The molecule has 0 aliphatic carbocycles. The maximum atomic E-state index is 11.8. The quantitative estimate of drug-likeness (QED) is 0.782. The van der Waals surface area contributed by atoms with Crippen molar-refractivity contribution in [2.45, 2.75) is 19.8 Å². The summed E-state index contributed by atoms with van der Waals surface area (Å²) in [6.07, 6.45) is 4.43. The van der Waals surface area contributed by atoms with E-state index in [0.29, 0.717) is 4.81 Å². The van der Waals surface area contributed by atoms with Crippen molar-refractivity contribution in [1.82, 2.24) is 4.90 Å². The van der Waals surface area contributed by atoms with Gasteiger partial charge in [0.15, 0.2) is 0 Å². The van der Waals surface area contributed by atoms with Crippen LogP contribution in [0.3, 0.4) is 0 Å². The Labute approximate surface area is 109 Å². The SMILES string of the molecule is CCCCN1C/C(=C/c2ccccc2)[Se]C1=O. The summed E-state index contributed by atoms with van der Waals surface area (Å²) in [6.45, 7) is 3.92. The van der Waals surface area contributed by atoms with Crippen LogP contribution in [-0.4, -0.2) is 37.8 Å². The second-order valence-electron chi connectivity index (χ2n) is 4.16. The summed E-state index contributed by atoms with van der Waals surface area (Å²) in [5, 5.41) is 0. The Morgan fingerprint density at radius 3 is 2.82 bits per heavy atom. The standard InChI is InChI=1S/C14H17NOSe/c1-2-3-9-15-11-13(17-14(15)16)10-12-7-5-4-6-8-12/h4-8,10H,2-3,9,11H2,1H3/b13-10-. The van der Waals surface area contributed by atoms with Crippen LogP contribution in [0, 0.1) is 0 Å². The molecular weight excluding hydrogens is 277 g/mol. The molecule has 0 aromatic heterocycles. The van der Waals surface area contributed by atoms with Gasteiger partial charge in [-0.05, 0) is 0 Å². The van der Waals surface area contributed by atoms with Gasteiger partial charge in [0.1, 0.15) is 0 Å². The fourth-order valence-corrected chi connectivity index (χ4v) is 3.73. The van der Waals surface area contributed by atoms with Crippen molar-refractivity contribution in [3.8, 4) is 0 Å². The molecule has 0 spiro atoms. The average Bonchev–Trinajstić information content (AvgIpc) is 2.68. The Morgan fingerprint density at radius 1 is 1.35 bits per heavy atom. The molecule has 1 aliphatic rings. The first-order valence-corrected chi connectivity index (χ1v) is 7.73. The molecule has 0 bridgehead atoms. The molecule has 17 heavy (non-hydrogen) atoms. The van der Waals surface area contributed by atoms with Gasteiger partial charge < -0.3 is 0 Å². The van der Waals surface area contributed by atoms with E-state index in [1.165, 1.54) is 10.0 Å². The number of carbonyl (C=O) groups excluding carboxylic acids is 1. The summed E-state index contributed by atoms with van der Waals surface area (Å²) in [5.41, 5.74) is 1.20. The van der Waals surface area contributed by atoms with Crippen LogP contribution in [0.5, 0.6) is 0 Å². The summed E-state index contributed by atoms with van der Waals surface area (Å²) in [6, 6.07) is 10.3. The molecule has 0 radical (unpaired) electrons. The minimum absolute atomic E-state index is 0.0174. The van der Waals surface area contributed by atoms with Crippen molar-refractivity contribution >= 4 is 25.8 Å². The van der Waals surface area contributed by atoms with Gasteiger partial charge in [-0.1, -0.05) is 0 Å². The van der Waals surface area contributed by atoms with E-state index in [4.69, 9.17) is 0 Å². The normalized spacial score (nSPS) is 18.1. The first-order valence-electron chi connectivity index (χ1n) is 6.02. The Hall–Kier alpha value is -1.05. The van der Waals surface area contributed by atoms with Crippen LogP contribution < -0.4 is 0 Å². The molecule has 1 aromatic rings. The van der Waals surface area contributed by atoms with Crippen LogP contribution in [0.15, 0.2) is 34.8 Å². The molecule has 0 unspecified atom stereocenters. The summed E-state index contributed by atoms with van der Waals surface area (Å²) in [4.78, 5) is 14.1. The van der Waals surface area contributed by atoms with Crippen molar-refractivity contribution in [2.24, 2.45) is 0 Å². The molecule has 1 saturated heterocycles. The number of hydrogen-bond acceptors (Lipinski definition) is 1. The van der Waals surface area contributed by atoms with Crippen molar-refractivity contribution in [1.29, 1.82) is 0 Å². The van der Waals surface area contributed by atoms with E-state index in [-0.39, 0.29) is 15.0 Å². The molecular formula is C14H17NOSe. The first kappa shape index (κ1) is 12.4. The fraction of sp³-hybridized carbons (Fsp3) is 0.357. The second kappa shape index (κ2) is 6.04. The number of nitrogens with zero attached hydrogens (tertiary/aromatic N) is 1. The summed E-state index contributed by atoms with van der Waals surface area (Å²) in [5.74, 6) is 0. The van der Waals surface area contributed by atoms with Crippen molar-refractivity contribution < 1.29 is 4.79 Å². The van der Waals surface area contributed by atoms with Crippen LogP contribution in [0.2, 0.25) is 0 Å².